The number of amides is 2. The van der Waals surface area contributed by atoms with Crippen molar-refractivity contribution >= 4 is 6.03 Å². The van der Waals surface area contributed by atoms with E-state index < -0.39 is 0 Å². The van der Waals surface area contributed by atoms with Crippen molar-refractivity contribution in [3.63, 3.8) is 0 Å². The first-order valence-corrected chi connectivity index (χ1v) is 7.23. The topological polar surface area (TPSA) is 38.8 Å². The van der Waals surface area contributed by atoms with Crippen molar-refractivity contribution in [3.05, 3.63) is 0 Å². The van der Waals surface area contributed by atoms with Gasteiger partial charge in [0.1, 0.15) is 0 Å². The van der Waals surface area contributed by atoms with Gasteiger partial charge in [0, 0.05) is 45.8 Å². The molecule has 19 heavy (non-hydrogen) atoms. The fraction of sp³-hybridized carbons (Fsp3) is 0.929. The molecule has 2 unspecified atom stereocenters. The normalized spacial score (nSPS) is 30.3. The summed E-state index contributed by atoms with van der Waals surface area (Å²) in [4.78, 5) is 18.6. The zero-order valence-corrected chi connectivity index (χ0v) is 12.9. The van der Waals surface area contributed by atoms with Crippen LogP contribution in [-0.4, -0.2) is 79.6 Å². The van der Waals surface area contributed by atoms with Gasteiger partial charge in [0.05, 0.1) is 6.04 Å². The van der Waals surface area contributed by atoms with E-state index in [1.165, 1.54) is 0 Å². The smallest absolute Gasteiger partial charge is 0.320 e. The van der Waals surface area contributed by atoms with Gasteiger partial charge in [0.25, 0.3) is 0 Å². The lowest BCUT2D eigenvalue weighted by atomic mass is 9.86. The van der Waals surface area contributed by atoms with E-state index >= 15 is 0 Å². The highest BCUT2D eigenvalue weighted by Gasteiger charge is 2.41. The number of urea groups is 1. The summed E-state index contributed by atoms with van der Waals surface area (Å²) >= 11 is 0. The molecule has 2 fully saturated rings. The van der Waals surface area contributed by atoms with Gasteiger partial charge in [-0.05, 0) is 12.5 Å². The minimum Gasteiger partial charge on any atom is -0.322 e. The Bertz CT molecular complexity index is 339. The second-order valence-corrected chi connectivity index (χ2v) is 7.02. The number of nitrogens with zero attached hydrogens (tertiary/aromatic N) is 3. The lowest BCUT2D eigenvalue weighted by Gasteiger charge is -2.35. The van der Waals surface area contributed by atoms with Crippen LogP contribution in [0.2, 0.25) is 0 Å². The van der Waals surface area contributed by atoms with Gasteiger partial charge in [-0.3, -0.25) is 4.90 Å². The Hall–Kier alpha value is -0.810. The van der Waals surface area contributed by atoms with Gasteiger partial charge in [-0.25, -0.2) is 4.79 Å². The van der Waals surface area contributed by atoms with E-state index in [9.17, 15) is 4.79 Å². The van der Waals surface area contributed by atoms with E-state index in [2.05, 4.69) is 38.0 Å². The first kappa shape index (κ1) is 14.6. The molecule has 110 valence electrons. The van der Waals surface area contributed by atoms with Crippen molar-refractivity contribution < 1.29 is 4.79 Å². The van der Waals surface area contributed by atoms with E-state index in [-0.39, 0.29) is 11.4 Å². The Labute approximate surface area is 116 Å². The minimum atomic E-state index is 0.135. The van der Waals surface area contributed by atoms with Gasteiger partial charge < -0.3 is 15.1 Å². The summed E-state index contributed by atoms with van der Waals surface area (Å²) in [5.41, 5.74) is 0.135. The highest BCUT2D eigenvalue weighted by molar-refractivity contribution is 5.77. The van der Waals surface area contributed by atoms with Crippen molar-refractivity contribution in [3.8, 4) is 0 Å². The molecule has 2 amide bonds. The molecule has 0 aliphatic carbocycles. The van der Waals surface area contributed by atoms with Crippen molar-refractivity contribution in [2.24, 2.45) is 5.41 Å². The molecule has 5 heteroatoms. The first-order chi connectivity index (χ1) is 8.80. The largest absolute Gasteiger partial charge is 0.322 e. The highest BCUT2D eigenvalue weighted by Crippen LogP contribution is 2.29. The van der Waals surface area contributed by atoms with Crippen LogP contribution in [0.3, 0.4) is 0 Å². The van der Waals surface area contributed by atoms with Crippen LogP contribution < -0.4 is 5.32 Å². The number of piperazine rings is 1. The van der Waals surface area contributed by atoms with Crippen LogP contribution in [0.15, 0.2) is 0 Å². The third-order valence-electron chi connectivity index (χ3n) is 4.51. The van der Waals surface area contributed by atoms with Crippen LogP contribution in [-0.2, 0) is 0 Å². The quantitative estimate of drug-likeness (QED) is 0.800. The maximum atomic E-state index is 12.4. The molecule has 2 aliphatic heterocycles. The number of likely N-dealkylation sites (N-methyl/N-ethyl adjacent to an activating group) is 2. The molecule has 2 rings (SSSR count). The molecular weight excluding hydrogens is 240 g/mol. The Morgan fingerprint density at radius 2 is 2.00 bits per heavy atom. The van der Waals surface area contributed by atoms with Crippen LogP contribution in [0, 0.1) is 5.41 Å². The molecule has 0 aromatic rings. The number of carbonyl (C=O) groups excluding carboxylic acids is 1. The second-order valence-electron chi connectivity index (χ2n) is 7.02. The SMILES string of the molecule is CN1CCNCC1CN1CC(C(C)(C)C)N(C)C1=O. The number of carbonyl (C=O) groups is 1. The molecule has 1 N–H and O–H groups in total. The second kappa shape index (κ2) is 5.29. The lowest BCUT2D eigenvalue weighted by Crippen LogP contribution is -2.54. The summed E-state index contributed by atoms with van der Waals surface area (Å²) < 4.78 is 0. The van der Waals surface area contributed by atoms with Crippen LogP contribution in [0.25, 0.3) is 0 Å². The zero-order chi connectivity index (χ0) is 14.2. The molecule has 0 spiro atoms. The highest BCUT2D eigenvalue weighted by atomic mass is 16.2. The molecule has 2 heterocycles. The van der Waals surface area contributed by atoms with Gasteiger partial charge in [-0.15, -0.1) is 0 Å². The third kappa shape index (κ3) is 3.03. The monoisotopic (exact) mass is 268 g/mol. The predicted octanol–water partition coefficient (Wildman–Crippen LogP) is 0.672. The molecule has 0 aromatic carbocycles. The lowest BCUT2D eigenvalue weighted by molar-refractivity contribution is 0.150. The summed E-state index contributed by atoms with van der Waals surface area (Å²) in [5.74, 6) is 0. The summed E-state index contributed by atoms with van der Waals surface area (Å²) in [7, 11) is 4.08. The Morgan fingerprint density at radius 1 is 1.32 bits per heavy atom. The number of hydrogen-bond donors (Lipinski definition) is 1. The van der Waals surface area contributed by atoms with E-state index in [0.29, 0.717) is 12.1 Å². The standard InChI is InChI=1S/C14H28N4O/c1-14(2,3)12-10-18(13(19)17(12)5)9-11-8-15-6-7-16(11)4/h11-12,15H,6-10H2,1-5H3. The minimum absolute atomic E-state index is 0.135. The Morgan fingerprint density at radius 3 is 2.53 bits per heavy atom. The third-order valence-corrected chi connectivity index (χ3v) is 4.51. The molecule has 2 atom stereocenters. The molecule has 0 saturated carbocycles. The van der Waals surface area contributed by atoms with Crippen LogP contribution in [0.4, 0.5) is 4.79 Å². The maximum absolute atomic E-state index is 12.4. The van der Waals surface area contributed by atoms with Crippen molar-refractivity contribution in [1.82, 2.24) is 20.0 Å². The van der Waals surface area contributed by atoms with E-state index in [4.69, 9.17) is 0 Å². The van der Waals surface area contributed by atoms with Crippen LogP contribution >= 0.6 is 0 Å². The predicted molar refractivity (Wildman–Crippen MR) is 77.3 cm³/mol. The molecular formula is C14H28N4O. The van der Waals surface area contributed by atoms with E-state index in [1.807, 2.05) is 16.8 Å². The maximum Gasteiger partial charge on any atom is 0.320 e. The molecule has 0 radical (unpaired) electrons. The average Bonchev–Trinajstić information content (AvgIpc) is 2.60. The van der Waals surface area contributed by atoms with Gasteiger partial charge in [0.2, 0.25) is 0 Å². The van der Waals surface area contributed by atoms with Crippen molar-refractivity contribution in [2.75, 3.05) is 46.8 Å². The van der Waals surface area contributed by atoms with Crippen LogP contribution in [0.5, 0.6) is 0 Å². The van der Waals surface area contributed by atoms with Crippen molar-refractivity contribution in [1.29, 1.82) is 0 Å². The summed E-state index contributed by atoms with van der Waals surface area (Å²) in [5, 5.41) is 3.41. The molecule has 2 aliphatic rings. The van der Waals surface area contributed by atoms with E-state index in [0.717, 1.165) is 32.7 Å². The van der Waals surface area contributed by atoms with E-state index in [1.54, 1.807) is 0 Å². The molecule has 2 saturated heterocycles. The summed E-state index contributed by atoms with van der Waals surface area (Å²) in [6, 6.07) is 0.922. The van der Waals surface area contributed by atoms with Gasteiger partial charge in [-0.1, -0.05) is 20.8 Å². The number of hydrogen-bond acceptors (Lipinski definition) is 3. The van der Waals surface area contributed by atoms with Gasteiger partial charge in [0.15, 0.2) is 0 Å². The fourth-order valence-corrected chi connectivity index (χ4v) is 3.09. The zero-order valence-electron chi connectivity index (χ0n) is 12.9. The number of rotatable bonds is 2. The summed E-state index contributed by atoms with van der Waals surface area (Å²) in [6.45, 7) is 11.4. The van der Waals surface area contributed by atoms with Gasteiger partial charge in [-0.2, -0.15) is 0 Å². The first-order valence-electron chi connectivity index (χ1n) is 7.23. The average molecular weight is 268 g/mol. The Kier molecular flexibility index (Phi) is 4.06. The molecule has 0 aromatic heterocycles. The fourth-order valence-electron chi connectivity index (χ4n) is 3.09. The Balaban J connectivity index is 2.00. The van der Waals surface area contributed by atoms with Crippen LogP contribution in [0.1, 0.15) is 20.8 Å². The van der Waals surface area contributed by atoms with Gasteiger partial charge >= 0.3 is 6.03 Å². The number of nitrogens with one attached hydrogen (secondary N) is 1. The molecule has 0 bridgehead atoms. The molecule has 5 nitrogen and oxygen atoms in total. The summed E-state index contributed by atoms with van der Waals surface area (Å²) in [6.07, 6.45) is 0. The van der Waals surface area contributed by atoms with Crippen molar-refractivity contribution in [2.45, 2.75) is 32.9 Å².